The second-order valence-corrected chi connectivity index (χ2v) is 13.3. The number of phenols is 1. The Balaban J connectivity index is 1.18. The maximum absolute atomic E-state index is 13.5. The number of piperidine rings is 1. The molecule has 2 aromatic carbocycles. The molecule has 0 radical (unpaired) electrons. The highest BCUT2D eigenvalue weighted by atomic mass is 32.2. The van der Waals surface area contributed by atoms with E-state index in [1.807, 2.05) is 22.0 Å². The number of benzene rings is 2. The Labute approximate surface area is 262 Å². The minimum absolute atomic E-state index is 0.0355. The Bertz CT molecular complexity index is 1930. The molecular formula is C30H30N6O7S2. The number of ether oxygens (including phenoxy) is 1. The molecule has 45 heavy (non-hydrogen) atoms. The molecule has 13 nitrogen and oxygen atoms in total. The Morgan fingerprint density at radius 3 is 2.76 bits per heavy atom. The molecule has 3 aromatic heterocycles. The van der Waals surface area contributed by atoms with Crippen molar-refractivity contribution in [2.24, 2.45) is 0 Å². The molecule has 0 amide bonds. The van der Waals surface area contributed by atoms with Gasteiger partial charge >= 0.3 is 5.97 Å². The van der Waals surface area contributed by atoms with E-state index in [4.69, 9.17) is 19.8 Å². The second-order valence-electron chi connectivity index (χ2n) is 10.5. The van der Waals surface area contributed by atoms with Gasteiger partial charge in [0.2, 0.25) is 16.0 Å². The number of anilines is 1. The van der Waals surface area contributed by atoms with Gasteiger partial charge in [0.25, 0.3) is 0 Å². The van der Waals surface area contributed by atoms with E-state index in [9.17, 15) is 23.4 Å². The molecule has 4 heterocycles. The lowest BCUT2D eigenvalue weighted by Crippen LogP contribution is -2.45. The fourth-order valence-corrected chi connectivity index (χ4v) is 7.36. The maximum atomic E-state index is 13.5. The van der Waals surface area contributed by atoms with Crippen molar-refractivity contribution >= 4 is 38.2 Å². The average Bonchev–Trinajstić information content (AvgIpc) is 3.66. The summed E-state index contributed by atoms with van der Waals surface area (Å²) in [6.45, 7) is -0.389. The minimum atomic E-state index is -3.86. The summed E-state index contributed by atoms with van der Waals surface area (Å²) < 4.78 is 35.2. The summed E-state index contributed by atoms with van der Waals surface area (Å²) in [5, 5.41) is 33.6. The number of thiazole rings is 1. The van der Waals surface area contributed by atoms with Crippen LogP contribution in [-0.2, 0) is 14.8 Å². The van der Waals surface area contributed by atoms with Gasteiger partial charge in [-0.3, -0.25) is 4.40 Å². The number of nitrogens with zero attached hydrogens (tertiary/aromatic N) is 5. The zero-order chi connectivity index (χ0) is 31.6. The number of aliphatic hydroxyl groups excluding tert-OH is 2. The molecule has 0 aliphatic carbocycles. The number of esters is 1. The fourth-order valence-electron chi connectivity index (χ4n) is 5.13. The van der Waals surface area contributed by atoms with Gasteiger partial charge in [0.1, 0.15) is 24.2 Å². The standard InChI is InChI=1S/C30H30N6O7S2/c37-17-23(39)18-43-28(40)19-6-8-24(9-7-19)45(41,42)35-12-2-4-21(16-35)32-29-31-11-10-25(33-29)27-26(20-3-1-5-22(38)15-20)34-30-36(27)13-14-44-30/h1,3,5-11,13-15,21,23,37-39H,2,4,12,16-18H2,(H,31,32,33)/t21-,23+/m1/s1. The van der Waals surface area contributed by atoms with Crippen LogP contribution in [0.4, 0.5) is 5.95 Å². The van der Waals surface area contributed by atoms with Gasteiger partial charge in [-0.05, 0) is 55.3 Å². The van der Waals surface area contributed by atoms with Crippen LogP contribution in [0, 0.1) is 0 Å². The van der Waals surface area contributed by atoms with Gasteiger partial charge in [0, 0.05) is 42.5 Å². The van der Waals surface area contributed by atoms with E-state index in [1.54, 1.807) is 30.5 Å². The number of hydrogen-bond acceptors (Lipinski definition) is 12. The summed E-state index contributed by atoms with van der Waals surface area (Å²) >= 11 is 1.48. The molecule has 0 saturated carbocycles. The monoisotopic (exact) mass is 650 g/mol. The number of aromatic nitrogens is 4. The van der Waals surface area contributed by atoms with Crippen LogP contribution in [0.15, 0.2) is 77.3 Å². The van der Waals surface area contributed by atoms with Gasteiger partial charge in [-0.1, -0.05) is 12.1 Å². The van der Waals surface area contributed by atoms with Crippen molar-refractivity contribution in [2.45, 2.75) is 29.9 Å². The van der Waals surface area contributed by atoms with Crippen molar-refractivity contribution in [1.29, 1.82) is 0 Å². The highest BCUT2D eigenvalue weighted by Gasteiger charge is 2.31. The zero-order valence-electron chi connectivity index (χ0n) is 23.9. The molecule has 1 saturated heterocycles. The number of sulfonamides is 1. The smallest absolute Gasteiger partial charge is 0.338 e. The summed E-state index contributed by atoms with van der Waals surface area (Å²) in [7, 11) is -3.86. The van der Waals surface area contributed by atoms with Crippen molar-refractivity contribution in [3.63, 3.8) is 0 Å². The van der Waals surface area contributed by atoms with E-state index in [0.29, 0.717) is 36.7 Å². The predicted octanol–water partition coefficient (Wildman–Crippen LogP) is 3.00. The molecular weight excluding hydrogens is 620 g/mol. The first kappa shape index (κ1) is 30.6. The number of fused-ring (bicyclic) bond motifs is 1. The SMILES string of the molecule is O=C(OC[C@@H](O)CO)c1ccc(S(=O)(=O)N2CCC[C@@H](Nc3nccc(-c4c(-c5cccc(O)c5)nc5sccn45)n3)C2)cc1. The Kier molecular flexibility index (Phi) is 8.78. The van der Waals surface area contributed by atoms with Crippen LogP contribution in [0.3, 0.4) is 0 Å². The van der Waals surface area contributed by atoms with Crippen molar-refractivity contribution in [1.82, 2.24) is 23.7 Å². The summed E-state index contributed by atoms with van der Waals surface area (Å²) in [6, 6.07) is 13.8. The summed E-state index contributed by atoms with van der Waals surface area (Å²) in [5.41, 5.74) is 2.89. The molecule has 4 N–H and O–H groups in total. The average molecular weight is 651 g/mol. The molecule has 0 bridgehead atoms. The Hall–Kier alpha value is -4.41. The second kappa shape index (κ2) is 12.9. The number of aromatic hydroxyl groups is 1. The Morgan fingerprint density at radius 1 is 1.16 bits per heavy atom. The zero-order valence-corrected chi connectivity index (χ0v) is 25.5. The van der Waals surface area contributed by atoms with Crippen LogP contribution in [-0.4, -0.2) is 91.8 Å². The molecule has 1 aliphatic rings. The number of imidazole rings is 1. The lowest BCUT2D eigenvalue weighted by atomic mass is 10.1. The maximum Gasteiger partial charge on any atom is 0.338 e. The third-order valence-corrected chi connectivity index (χ3v) is 9.98. The van der Waals surface area contributed by atoms with Crippen LogP contribution in [0.5, 0.6) is 5.75 Å². The topological polar surface area (TPSA) is 179 Å². The number of carbonyl (C=O) groups is 1. The lowest BCUT2D eigenvalue weighted by molar-refractivity contribution is 0.00932. The van der Waals surface area contributed by atoms with Crippen LogP contribution < -0.4 is 5.32 Å². The van der Waals surface area contributed by atoms with Crippen LogP contribution in [0.2, 0.25) is 0 Å². The van der Waals surface area contributed by atoms with Crippen molar-refractivity contribution in [2.75, 3.05) is 31.6 Å². The largest absolute Gasteiger partial charge is 0.508 e. The van der Waals surface area contributed by atoms with E-state index < -0.39 is 28.7 Å². The number of phenolic OH excluding ortho intramolecular Hbond substituents is 1. The molecule has 6 rings (SSSR count). The first-order valence-electron chi connectivity index (χ1n) is 14.1. The van der Waals surface area contributed by atoms with Crippen molar-refractivity contribution in [3.8, 4) is 28.4 Å². The summed E-state index contributed by atoms with van der Waals surface area (Å²) in [4.78, 5) is 26.9. The highest BCUT2D eigenvalue weighted by molar-refractivity contribution is 7.89. The Morgan fingerprint density at radius 2 is 1.98 bits per heavy atom. The minimum Gasteiger partial charge on any atom is -0.508 e. The number of hydrogen-bond donors (Lipinski definition) is 4. The molecule has 0 spiro atoms. The van der Waals surface area contributed by atoms with Gasteiger partial charge in [-0.15, -0.1) is 11.3 Å². The number of carbonyl (C=O) groups excluding carboxylic acids is 1. The fraction of sp³-hybridized carbons (Fsp3) is 0.267. The van der Waals surface area contributed by atoms with Gasteiger partial charge in [0.05, 0.1) is 28.5 Å². The summed E-state index contributed by atoms with van der Waals surface area (Å²) in [6.07, 6.45) is 3.68. The molecule has 234 valence electrons. The molecule has 15 heteroatoms. The molecule has 0 unspecified atom stereocenters. The first-order valence-corrected chi connectivity index (χ1v) is 16.5. The van der Waals surface area contributed by atoms with Gasteiger partial charge in [-0.25, -0.2) is 28.2 Å². The third kappa shape index (κ3) is 6.53. The number of rotatable bonds is 10. The van der Waals surface area contributed by atoms with E-state index in [2.05, 4.69) is 10.3 Å². The predicted molar refractivity (Wildman–Crippen MR) is 166 cm³/mol. The van der Waals surface area contributed by atoms with E-state index in [0.717, 1.165) is 16.2 Å². The van der Waals surface area contributed by atoms with Gasteiger partial charge in [-0.2, -0.15) is 4.31 Å². The van der Waals surface area contributed by atoms with Gasteiger partial charge < -0.3 is 25.4 Å². The normalized spacial score (nSPS) is 16.4. The van der Waals surface area contributed by atoms with Crippen molar-refractivity contribution < 1.29 is 33.3 Å². The van der Waals surface area contributed by atoms with E-state index >= 15 is 0 Å². The van der Waals surface area contributed by atoms with Crippen LogP contribution >= 0.6 is 11.3 Å². The molecule has 1 aliphatic heterocycles. The highest BCUT2D eigenvalue weighted by Crippen LogP contribution is 2.35. The molecule has 1 fully saturated rings. The lowest BCUT2D eigenvalue weighted by Gasteiger charge is -2.32. The van der Waals surface area contributed by atoms with Crippen LogP contribution in [0.1, 0.15) is 23.2 Å². The number of aliphatic hydroxyl groups is 2. The van der Waals surface area contributed by atoms with E-state index in [1.165, 1.54) is 39.9 Å². The van der Waals surface area contributed by atoms with Crippen LogP contribution in [0.25, 0.3) is 27.6 Å². The third-order valence-electron chi connectivity index (χ3n) is 7.34. The first-order chi connectivity index (χ1) is 21.7. The quantitative estimate of drug-likeness (QED) is 0.163. The van der Waals surface area contributed by atoms with Crippen molar-refractivity contribution in [3.05, 3.63) is 77.9 Å². The molecule has 5 aromatic rings. The van der Waals surface area contributed by atoms with Gasteiger partial charge in [0.15, 0.2) is 4.96 Å². The summed E-state index contributed by atoms with van der Waals surface area (Å²) in [5.74, 6) is -0.260. The van der Waals surface area contributed by atoms with E-state index in [-0.39, 0.29) is 35.4 Å². The number of nitrogens with one attached hydrogen (secondary N) is 1. The molecule has 2 atom stereocenters.